The number of piperidine rings is 3. The van der Waals surface area contributed by atoms with Crippen molar-refractivity contribution in [2.24, 2.45) is 0 Å². The van der Waals surface area contributed by atoms with Gasteiger partial charge in [-0.1, -0.05) is 39.3 Å². The van der Waals surface area contributed by atoms with Crippen molar-refractivity contribution in [2.75, 3.05) is 87.2 Å². The molecule has 9 aromatic rings. The number of H-pyrrole nitrogens is 1. The molecule has 26 nitrogen and oxygen atoms in total. The van der Waals surface area contributed by atoms with E-state index >= 15 is 0 Å². The monoisotopic (exact) mass is 1530 g/mol. The zero-order valence-electron chi connectivity index (χ0n) is 57.2. The topological polar surface area (TPSA) is 308 Å². The van der Waals surface area contributed by atoms with Crippen molar-refractivity contribution >= 4 is 120 Å². The van der Waals surface area contributed by atoms with Crippen molar-refractivity contribution in [3.8, 4) is 33.8 Å². The van der Waals surface area contributed by atoms with E-state index in [1.165, 1.54) is 31.7 Å². The standard InChI is InChI=1S/C24H36N6O3SSi.C23H33IN6O3SSi.C18H22N6O2S/c1-18-15-29(17-33-12-13-35(3,4)5)24-22(18)28-21(14-26-24)20-9-6-10-25-23(20)27-19-8-7-11-30(16-19)34(2,31)32;1-34(31,32)30-10-6-7-17(14-30)27-22-18(8-5-9-25-22)20-13-26-23-21(28-20)19(24)15-29(23)16-33-11-12-35(2,3)4;1-12-9-20-18-16(12)23-15(10-21-18)14-6-3-7-19-17(14)22-13-5-4-8-24(11-13)27(2,25)26/h6,9-10,14-15,19H,7-8,11-13,16-17H2,1-5H3,(H,25,27);5,8-9,13,15,17H,6-7,10-12,14,16H2,1-4H3,(H,25,27);3,6-7,9-10,13H,4-5,8,11H2,1-2H3,(H,19,22)(H,20,21). The van der Waals surface area contributed by atoms with Crippen LogP contribution in [0.1, 0.15) is 49.7 Å². The molecule has 3 aliphatic heterocycles. The van der Waals surface area contributed by atoms with Gasteiger partial charge in [-0.25, -0.2) is 83.0 Å². The van der Waals surface area contributed by atoms with Crippen LogP contribution >= 0.6 is 22.6 Å². The molecule has 0 radical (unpaired) electrons. The van der Waals surface area contributed by atoms with Crippen molar-refractivity contribution < 1.29 is 34.7 Å². The molecular weight excluding hydrogens is 1440 g/mol. The zero-order chi connectivity index (χ0) is 69.5. The molecule has 97 heavy (non-hydrogen) atoms. The quantitative estimate of drug-likeness (QED) is 0.0278. The van der Waals surface area contributed by atoms with Crippen LogP contribution in [0, 0.1) is 17.4 Å². The molecule has 522 valence electrons. The van der Waals surface area contributed by atoms with Crippen molar-refractivity contribution in [2.45, 2.75) is 135 Å². The van der Waals surface area contributed by atoms with Crippen molar-refractivity contribution in [1.82, 2.24) is 71.9 Å². The van der Waals surface area contributed by atoms with Gasteiger partial charge in [0.15, 0.2) is 16.9 Å². The van der Waals surface area contributed by atoms with Crippen LogP contribution in [0.3, 0.4) is 0 Å². The highest BCUT2D eigenvalue weighted by Crippen LogP contribution is 2.33. The SMILES string of the molecule is C[Si](C)(C)CCOCn1cc(I)c2nc(-c3cccnc3NC3CCCN(S(C)(=O)=O)C3)cnc21.Cc1c[nH]c2ncc(-c3cccnc3NC3CCCN(S(C)(=O)=O)C3)nc12.Cc1cn(COCC[Si](C)(C)C)c2ncc(-c3cccnc3NC3CCCN(S(C)(=O)=O)C3)nc12. The minimum Gasteiger partial charge on any atom is -0.365 e. The van der Waals surface area contributed by atoms with Gasteiger partial charge in [0.2, 0.25) is 30.1 Å². The number of fused-ring (bicyclic) bond motifs is 3. The number of hydrogen-bond acceptors (Lipinski definition) is 20. The fourth-order valence-corrected chi connectivity index (χ4v) is 16.7. The first-order valence-corrected chi connectivity index (χ1v) is 46.8. The zero-order valence-corrected chi connectivity index (χ0v) is 63.9. The van der Waals surface area contributed by atoms with Gasteiger partial charge < -0.3 is 39.5 Å². The van der Waals surface area contributed by atoms with Crippen LogP contribution in [-0.4, -0.2) is 203 Å². The minimum atomic E-state index is -3.22. The van der Waals surface area contributed by atoms with E-state index in [9.17, 15) is 25.3 Å². The van der Waals surface area contributed by atoms with Crippen LogP contribution in [0.4, 0.5) is 17.5 Å². The first kappa shape index (κ1) is 73.2. The molecule has 3 unspecified atom stereocenters. The van der Waals surface area contributed by atoms with E-state index in [1.54, 1.807) is 37.2 Å². The average molecular weight is 1530 g/mol. The molecule has 0 spiro atoms. The molecule has 9 aromatic heterocycles. The van der Waals surface area contributed by atoms with Crippen LogP contribution in [0.15, 0.2) is 92.2 Å². The van der Waals surface area contributed by atoms with Crippen LogP contribution in [-0.2, 0) is 53.0 Å². The van der Waals surface area contributed by atoms with Gasteiger partial charge in [0.1, 0.15) is 47.5 Å². The summed E-state index contributed by atoms with van der Waals surface area (Å²) < 4.78 is 93.2. The minimum absolute atomic E-state index is 0.00723. The molecule has 0 saturated carbocycles. The molecule has 3 atom stereocenters. The van der Waals surface area contributed by atoms with Crippen molar-refractivity contribution in [3.63, 3.8) is 0 Å². The summed E-state index contributed by atoms with van der Waals surface area (Å²) in [4.78, 5) is 45.1. The number of nitrogens with zero attached hydrogens (tertiary/aromatic N) is 14. The normalized spacial score (nSPS) is 18.0. The number of hydrogen-bond donors (Lipinski definition) is 4. The summed E-state index contributed by atoms with van der Waals surface area (Å²) in [6.45, 7) is 23.5. The Kier molecular flexibility index (Phi) is 23.7. The number of nitrogens with one attached hydrogen (secondary N) is 4. The molecule has 0 aliphatic carbocycles. The average Bonchev–Trinajstić information content (AvgIpc) is 1.71. The number of rotatable bonds is 22. The highest BCUT2D eigenvalue weighted by molar-refractivity contribution is 14.1. The number of sulfonamides is 3. The van der Waals surface area contributed by atoms with Gasteiger partial charge in [0.25, 0.3) is 0 Å². The highest BCUT2D eigenvalue weighted by atomic mass is 127. The number of anilines is 3. The fourth-order valence-electron chi connectivity index (χ4n) is 11.8. The first-order chi connectivity index (χ1) is 45.9. The Labute approximate surface area is 585 Å². The summed E-state index contributed by atoms with van der Waals surface area (Å²) in [5.41, 5.74) is 11.6. The smallest absolute Gasteiger partial charge is 0.211 e. The van der Waals surface area contributed by atoms with Crippen LogP contribution < -0.4 is 16.0 Å². The summed E-state index contributed by atoms with van der Waals surface area (Å²) in [6.07, 6.45) is 25.3. The summed E-state index contributed by atoms with van der Waals surface area (Å²) in [5.74, 6) is 2.07. The summed E-state index contributed by atoms with van der Waals surface area (Å²) >= 11 is 2.29. The Morgan fingerprint density at radius 1 is 0.526 bits per heavy atom. The predicted molar refractivity (Wildman–Crippen MR) is 398 cm³/mol. The number of ether oxygens (including phenoxy) is 2. The lowest BCUT2D eigenvalue weighted by Gasteiger charge is -2.32. The maximum absolute atomic E-state index is 12.0. The lowest BCUT2D eigenvalue weighted by molar-refractivity contribution is 0.0897. The molecule has 3 saturated heterocycles. The molecule has 0 aromatic carbocycles. The Balaban J connectivity index is 0.000000159. The van der Waals surface area contributed by atoms with Crippen molar-refractivity contribution in [3.05, 3.63) is 107 Å². The Morgan fingerprint density at radius 3 is 1.32 bits per heavy atom. The van der Waals surface area contributed by atoms with Gasteiger partial charge in [0.05, 0.1) is 58.0 Å². The molecule has 0 bridgehead atoms. The third-order valence-corrected chi connectivity index (χ3v) is 25.1. The van der Waals surface area contributed by atoms with Gasteiger partial charge in [0, 0.05) is 141 Å². The Hall–Kier alpha value is -6.48. The van der Waals surface area contributed by atoms with E-state index < -0.39 is 46.2 Å². The fraction of sp³-hybridized carbons (Fsp3) is 0.492. The first-order valence-electron chi connectivity index (χ1n) is 32.8. The number of pyridine rings is 3. The van der Waals surface area contributed by atoms with Crippen LogP contribution in [0.25, 0.3) is 67.3 Å². The molecule has 12 rings (SSSR count). The molecule has 3 aliphatic rings. The van der Waals surface area contributed by atoms with Crippen LogP contribution in [0.2, 0.25) is 51.4 Å². The third-order valence-electron chi connectivity index (χ3n) is 17.1. The molecule has 12 heterocycles. The van der Waals surface area contributed by atoms with Crippen molar-refractivity contribution in [1.29, 1.82) is 0 Å². The van der Waals surface area contributed by atoms with E-state index in [0.29, 0.717) is 70.2 Å². The maximum Gasteiger partial charge on any atom is 0.211 e. The number of halogens is 1. The second-order valence-corrected chi connectivity index (χ2v) is 46.1. The van der Waals surface area contributed by atoms with E-state index in [4.69, 9.17) is 34.4 Å². The lowest BCUT2D eigenvalue weighted by Crippen LogP contribution is -2.44. The summed E-state index contributed by atoms with van der Waals surface area (Å²) in [7, 11) is -11.9. The van der Waals surface area contributed by atoms with Gasteiger partial charge in [-0.05, 0) is 135 Å². The Morgan fingerprint density at radius 2 is 0.907 bits per heavy atom. The molecular formula is C65H91IN18O8S3Si2. The second-order valence-electron chi connectivity index (χ2n) is 27.7. The van der Waals surface area contributed by atoms with Gasteiger partial charge in [-0.2, -0.15) is 0 Å². The summed E-state index contributed by atoms with van der Waals surface area (Å²) in [6, 6.07) is 13.7. The molecule has 32 heteroatoms. The molecule has 3 fully saturated rings. The molecule has 4 N–H and O–H groups in total. The molecule has 0 amide bonds. The number of aromatic nitrogens is 12. The van der Waals surface area contributed by atoms with E-state index in [-0.39, 0.29) is 18.1 Å². The largest absolute Gasteiger partial charge is 0.365 e. The van der Waals surface area contributed by atoms with E-state index in [2.05, 4.69) is 103 Å². The highest BCUT2D eigenvalue weighted by Gasteiger charge is 2.30. The van der Waals surface area contributed by atoms with Crippen LogP contribution in [0.5, 0.6) is 0 Å². The predicted octanol–water partition coefficient (Wildman–Crippen LogP) is 10.4. The lowest BCUT2D eigenvalue weighted by atomic mass is 10.1. The number of aromatic amines is 1. The van der Waals surface area contributed by atoms with E-state index in [0.717, 1.165) is 146 Å². The number of aryl methyl sites for hydroxylation is 2. The van der Waals surface area contributed by atoms with Gasteiger partial charge >= 0.3 is 0 Å². The second kappa shape index (κ2) is 31.4. The summed E-state index contributed by atoms with van der Waals surface area (Å²) in [5, 5.41) is 10.3. The Bertz CT molecular complexity index is 4370. The third kappa shape index (κ3) is 19.7. The van der Waals surface area contributed by atoms with Gasteiger partial charge in [-0.3, -0.25) is 0 Å². The maximum atomic E-state index is 12.0. The van der Waals surface area contributed by atoms with Gasteiger partial charge in [-0.15, -0.1) is 0 Å². The van der Waals surface area contributed by atoms with E-state index in [1.807, 2.05) is 78.0 Å².